The molecule has 5 N–H and O–H groups in total. The fourth-order valence-electron chi connectivity index (χ4n) is 3.97. The van der Waals surface area contributed by atoms with Gasteiger partial charge < -0.3 is 31.1 Å². The van der Waals surface area contributed by atoms with Gasteiger partial charge in [-0.25, -0.2) is 0 Å². The summed E-state index contributed by atoms with van der Waals surface area (Å²) >= 11 is 0. The first-order chi connectivity index (χ1) is 16.2. The van der Waals surface area contributed by atoms with Gasteiger partial charge in [0.05, 0.1) is 24.6 Å². The molecule has 0 aromatic heterocycles. The highest BCUT2D eigenvalue weighted by Crippen LogP contribution is 2.47. The van der Waals surface area contributed by atoms with E-state index in [0.29, 0.717) is 19.4 Å². The van der Waals surface area contributed by atoms with E-state index in [0.717, 1.165) is 13.5 Å². The third-order valence-corrected chi connectivity index (χ3v) is 5.58. The minimum absolute atomic E-state index is 0.0330. The van der Waals surface area contributed by atoms with Crippen molar-refractivity contribution in [2.45, 2.75) is 98.8 Å². The van der Waals surface area contributed by atoms with E-state index in [1.807, 2.05) is 25.7 Å². The van der Waals surface area contributed by atoms with Crippen molar-refractivity contribution in [2.24, 2.45) is 23.3 Å². The average molecular weight is 491 g/mol. The number of rotatable bonds is 7. The Balaban J connectivity index is -0.000000834. The second kappa shape index (κ2) is 21.8. The Morgan fingerprint density at radius 3 is 1.97 bits per heavy atom. The van der Waals surface area contributed by atoms with Crippen molar-refractivity contribution in [3.8, 4) is 0 Å². The Labute approximate surface area is 208 Å². The number of carbonyl (C=O) groups excluding carboxylic acids is 3. The van der Waals surface area contributed by atoms with Gasteiger partial charge in [-0.2, -0.15) is 0 Å². The van der Waals surface area contributed by atoms with E-state index in [2.05, 4.69) is 27.7 Å². The summed E-state index contributed by atoms with van der Waals surface area (Å²) in [4.78, 5) is 39.1. The van der Waals surface area contributed by atoms with Crippen LogP contribution < -0.4 is 11.5 Å². The van der Waals surface area contributed by atoms with Gasteiger partial charge in [-0.3, -0.25) is 14.4 Å². The lowest BCUT2D eigenvalue weighted by Crippen LogP contribution is -2.64. The molecule has 1 saturated carbocycles. The molecule has 0 aromatic carbocycles. The Bertz CT molecular complexity index is 545. The molecule has 1 aliphatic heterocycles. The highest BCUT2D eigenvalue weighted by Gasteiger charge is 2.59. The smallest absolute Gasteiger partial charge is 0.236 e. The number of amides is 3. The Hall–Kier alpha value is -1.71. The van der Waals surface area contributed by atoms with Gasteiger partial charge in [0.1, 0.15) is 0 Å². The van der Waals surface area contributed by atoms with E-state index in [1.54, 1.807) is 19.1 Å². The van der Waals surface area contributed by atoms with Gasteiger partial charge in [0.2, 0.25) is 17.7 Å². The van der Waals surface area contributed by atoms with Crippen LogP contribution in [0, 0.1) is 11.8 Å². The fourth-order valence-corrected chi connectivity index (χ4v) is 3.97. The van der Waals surface area contributed by atoms with Crippen molar-refractivity contribution in [1.29, 1.82) is 0 Å². The molecule has 2 fully saturated rings. The first-order valence-corrected chi connectivity index (χ1v) is 12.7. The molecule has 0 aromatic rings. The molecule has 5 unspecified atom stereocenters. The van der Waals surface area contributed by atoms with Crippen LogP contribution in [-0.2, 0) is 19.1 Å². The number of methoxy groups -OCH3 is 1. The molecule has 5 atom stereocenters. The number of nitrogens with two attached hydrogens (primary N) is 2. The zero-order chi connectivity index (χ0) is 27.4. The van der Waals surface area contributed by atoms with Crippen LogP contribution in [0.25, 0.3) is 0 Å². The van der Waals surface area contributed by atoms with E-state index < -0.39 is 0 Å². The zero-order valence-electron chi connectivity index (χ0n) is 23.5. The van der Waals surface area contributed by atoms with Crippen LogP contribution in [0.15, 0.2) is 0 Å². The largest absolute Gasteiger partial charge is 0.400 e. The highest BCUT2D eigenvalue weighted by atomic mass is 16.5. The first kappa shape index (κ1) is 36.9. The number of aliphatic hydroxyl groups is 1. The van der Waals surface area contributed by atoms with E-state index in [-0.39, 0.29) is 54.3 Å². The number of fused-ring (bicyclic) bond motifs is 1. The molecular formula is C25H54N4O5. The number of carbonyl (C=O) groups is 3. The lowest BCUT2D eigenvalue weighted by Gasteiger charge is -2.48. The van der Waals surface area contributed by atoms with Gasteiger partial charge in [0.15, 0.2) is 0 Å². The van der Waals surface area contributed by atoms with Crippen molar-refractivity contribution in [3.05, 3.63) is 0 Å². The van der Waals surface area contributed by atoms with Crippen molar-refractivity contribution in [2.75, 3.05) is 34.4 Å². The lowest BCUT2D eigenvalue weighted by atomic mass is 9.66. The first-order valence-electron chi connectivity index (χ1n) is 12.7. The Morgan fingerprint density at radius 1 is 1.12 bits per heavy atom. The molecule has 2 rings (SSSR count). The number of likely N-dealkylation sites (N-methyl/N-ethyl adjacent to an activating group) is 1. The van der Waals surface area contributed by atoms with Gasteiger partial charge in [0, 0.05) is 40.3 Å². The van der Waals surface area contributed by atoms with Crippen LogP contribution in [0.3, 0.4) is 0 Å². The SMILES string of the molecule is CC.CCC.CCC.CO.COC1C(C(N)=O)C2CCN(C(=O)CCC(C)N(C)C(=O)CN)C21. The maximum absolute atomic E-state index is 12.6. The molecule has 1 aliphatic carbocycles. The van der Waals surface area contributed by atoms with E-state index in [9.17, 15) is 14.4 Å². The number of ether oxygens (including phenoxy) is 1. The summed E-state index contributed by atoms with van der Waals surface area (Å²) in [7, 11) is 4.24. The highest BCUT2D eigenvalue weighted by molar-refractivity contribution is 5.82. The minimum Gasteiger partial charge on any atom is -0.400 e. The maximum Gasteiger partial charge on any atom is 0.236 e. The third kappa shape index (κ3) is 11.1. The maximum atomic E-state index is 12.6. The van der Waals surface area contributed by atoms with Crippen molar-refractivity contribution in [3.63, 3.8) is 0 Å². The van der Waals surface area contributed by atoms with Gasteiger partial charge >= 0.3 is 0 Å². The van der Waals surface area contributed by atoms with Gasteiger partial charge in [-0.05, 0) is 25.7 Å². The lowest BCUT2D eigenvalue weighted by molar-refractivity contribution is -0.160. The molecule has 9 heteroatoms. The molecule has 204 valence electrons. The summed E-state index contributed by atoms with van der Waals surface area (Å²) < 4.78 is 5.40. The number of hydrogen-bond donors (Lipinski definition) is 3. The topological polar surface area (TPSA) is 139 Å². The number of primary amides is 1. The van der Waals surface area contributed by atoms with Crippen LogP contribution in [0.2, 0.25) is 0 Å². The molecule has 1 heterocycles. The Morgan fingerprint density at radius 2 is 1.59 bits per heavy atom. The number of nitrogens with zero attached hydrogens (tertiary/aromatic N) is 2. The number of hydrogen-bond acceptors (Lipinski definition) is 6. The molecule has 3 amide bonds. The quantitative estimate of drug-likeness (QED) is 0.501. The summed E-state index contributed by atoms with van der Waals surface area (Å²) in [5, 5.41) is 7.00. The van der Waals surface area contributed by atoms with Crippen LogP contribution in [0.5, 0.6) is 0 Å². The van der Waals surface area contributed by atoms with Crippen molar-refractivity contribution >= 4 is 17.7 Å². The fraction of sp³-hybridized carbons (Fsp3) is 0.880. The standard InChI is InChI=1S/C16H28N4O4.2C3H8.C2H6.CH4O/c1-9(19(2)12(22)8-17)4-5-11(21)20-7-6-10-13(16(18)23)15(24-3)14(10)20;2*1-3-2;2*1-2/h9-10,13-15H,4-8,17H2,1-3H3,(H2,18,23);2*3H2,1-2H3;1-2H3;2H,1H3. The predicted molar refractivity (Wildman–Crippen MR) is 139 cm³/mol. The van der Waals surface area contributed by atoms with Gasteiger partial charge in [-0.1, -0.05) is 54.4 Å². The molecule has 2 aliphatic rings. The molecule has 1 saturated heterocycles. The summed E-state index contributed by atoms with van der Waals surface area (Å²) in [5.74, 6) is -0.653. The van der Waals surface area contributed by atoms with Crippen molar-refractivity contribution in [1.82, 2.24) is 9.80 Å². The van der Waals surface area contributed by atoms with Crippen LogP contribution in [-0.4, -0.2) is 85.2 Å². The van der Waals surface area contributed by atoms with Gasteiger partial charge in [0.25, 0.3) is 0 Å². The number of likely N-dealkylation sites (tertiary alicyclic amines) is 1. The average Bonchev–Trinajstić information content (AvgIpc) is 3.18. The number of aliphatic hydroxyl groups excluding tert-OH is 1. The molecule has 0 bridgehead atoms. The summed E-state index contributed by atoms with van der Waals surface area (Å²) in [6, 6.07) is -0.111. The van der Waals surface area contributed by atoms with Crippen LogP contribution in [0.1, 0.15) is 80.6 Å². The second-order valence-corrected chi connectivity index (χ2v) is 8.17. The second-order valence-electron chi connectivity index (χ2n) is 8.17. The normalized spacial score (nSPS) is 22.3. The molecule has 34 heavy (non-hydrogen) atoms. The Kier molecular flexibility index (Phi) is 23.6. The summed E-state index contributed by atoms with van der Waals surface area (Å²) in [6.07, 6.45) is 3.90. The molecule has 0 radical (unpaired) electrons. The molecule has 0 spiro atoms. The summed E-state index contributed by atoms with van der Waals surface area (Å²) in [6.45, 7) is 15.0. The monoisotopic (exact) mass is 490 g/mol. The van der Waals surface area contributed by atoms with Crippen LogP contribution in [0.4, 0.5) is 0 Å². The zero-order valence-corrected chi connectivity index (χ0v) is 23.5. The van der Waals surface area contributed by atoms with E-state index >= 15 is 0 Å². The van der Waals surface area contributed by atoms with Crippen LogP contribution >= 0.6 is 0 Å². The van der Waals surface area contributed by atoms with E-state index in [1.165, 1.54) is 12.8 Å². The molecule has 9 nitrogen and oxygen atoms in total. The third-order valence-electron chi connectivity index (χ3n) is 5.58. The van der Waals surface area contributed by atoms with E-state index in [4.69, 9.17) is 21.3 Å². The summed E-state index contributed by atoms with van der Waals surface area (Å²) in [5.41, 5.74) is 10.8. The van der Waals surface area contributed by atoms with Gasteiger partial charge in [-0.15, -0.1) is 0 Å². The molecular weight excluding hydrogens is 436 g/mol. The predicted octanol–water partition coefficient (Wildman–Crippen LogP) is 2.39. The van der Waals surface area contributed by atoms with Crippen molar-refractivity contribution < 1.29 is 24.2 Å². The minimum atomic E-state index is -0.354.